The molecule has 2 aromatic heterocycles. The maximum Gasteiger partial charge on any atom is 0.335 e. The van der Waals surface area contributed by atoms with Crippen molar-refractivity contribution in [2.75, 3.05) is 5.32 Å². The summed E-state index contributed by atoms with van der Waals surface area (Å²) in [6.07, 6.45) is 1.63. The van der Waals surface area contributed by atoms with Gasteiger partial charge in [0.25, 0.3) is 0 Å². The SMILES string of the molecule is O=C(Cn1c(=O)n(-c2ccccc2)c2ncccc21)Nc1ccccc1. The largest absolute Gasteiger partial charge is 0.335 e. The summed E-state index contributed by atoms with van der Waals surface area (Å²) in [6.45, 7) is -0.0875. The molecule has 0 aliphatic rings. The summed E-state index contributed by atoms with van der Waals surface area (Å²) in [5.41, 5.74) is 2.24. The Morgan fingerprint density at radius 1 is 0.923 bits per heavy atom. The summed E-state index contributed by atoms with van der Waals surface area (Å²) in [7, 11) is 0. The van der Waals surface area contributed by atoms with Crippen molar-refractivity contribution in [2.24, 2.45) is 0 Å². The fraction of sp³-hybridized carbons (Fsp3) is 0.0500. The van der Waals surface area contributed by atoms with Crippen LogP contribution in [0.2, 0.25) is 0 Å². The van der Waals surface area contributed by atoms with Crippen molar-refractivity contribution in [3.8, 4) is 5.69 Å². The van der Waals surface area contributed by atoms with E-state index in [4.69, 9.17) is 0 Å². The molecule has 6 heteroatoms. The van der Waals surface area contributed by atoms with Crippen molar-refractivity contribution in [3.05, 3.63) is 89.5 Å². The number of rotatable bonds is 4. The van der Waals surface area contributed by atoms with E-state index in [0.717, 1.165) is 0 Å². The number of anilines is 1. The van der Waals surface area contributed by atoms with Crippen LogP contribution in [-0.4, -0.2) is 20.0 Å². The van der Waals surface area contributed by atoms with Gasteiger partial charge in [-0.15, -0.1) is 0 Å². The van der Waals surface area contributed by atoms with Gasteiger partial charge in [-0.25, -0.2) is 14.3 Å². The van der Waals surface area contributed by atoms with Crippen molar-refractivity contribution in [3.63, 3.8) is 0 Å². The predicted octanol–water partition coefficient (Wildman–Crippen LogP) is 2.83. The summed E-state index contributed by atoms with van der Waals surface area (Å²) in [5.74, 6) is -0.269. The minimum Gasteiger partial charge on any atom is -0.325 e. The molecule has 0 unspecified atom stereocenters. The van der Waals surface area contributed by atoms with Crippen LogP contribution < -0.4 is 11.0 Å². The topological polar surface area (TPSA) is 68.9 Å². The Kier molecular flexibility index (Phi) is 4.07. The van der Waals surface area contributed by atoms with E-state index in [-0.39, 0.29) is 18.1 Å². The van der Waals surface area contributed by atoms with Gasteiger partial charge in [0, 0.05) is 11.9 Å². The molecule has 0 spiro atoms. The maximum absolute atomic E-state index is 13.0. The van der Waals surface area contributed by atoms with Crippen LogP contribution >= 0.6 is 0 Å². The second-order valence-corrected chi connectivity index (χ2v) is 5.80. The molecule has 0 fully saturated rings. The number of hydrogen-bond acceptors (Lipinski definition) is 3. The Morgan fingerprint density at radius 3 is 2.35 bits per heavy atom. The van der Waals surface area contributed by atoms with Gasteiger partial charge in [0.15, 0.2) is 5.65 Å². The number of fused-ring (bicyclic) bond motifs is 1. The lowest BCUT2D eigenvalue weighted by Gasteiger charge is -2.06. The highest BCUT2D eigenvalue weighted by molar-refractivity contribution is 5.91. The molecule has 6 nitrogen and oxygen atoms in total. The van der Waals surface area contributed by atoms with E-state index in [0.29, 0.717) is 22.5 Å². The molecule has 0 saturated carbocycles. The Labute approximate surface area is 149 Å². The molecule has 0 saturated heterocycles. The summed E-state index contributed by atoms with van der Waals surface area (Å²) >= 11 is 0. The second-order valence-electron chi connectivity index (χ2n) is 5.80. The zero-order valence-electron chi connectivity index (χ0n) is 13.9. The number of nitrogens with zero attached hydrogens (tertiary/aromatic N) is 3. The van der Waals surface area contributed by atoms with E-state index >= 15 is 0 Å². The molecule has 0 aliphatic heterocycles. The van der Waals surface area contributed by atoms with Crippen LogP contribution in [0, 0.1) is 0 Å². The number of carbonyl (C=O) groups excluding carboxylic acids is 1. The van der Waals surface area contributed by atoms with Crippen LogP contribution in [0.5, 0.6) is 0 Å². The zero-order valence-corrected chi connectivity index (χ0v) is 13.9. The van der Waals surface area contributed by atoms with Crippen LogP contribution in [0.15, 0.2) is 83.8 Å². The number of para-hydroxylation sites is 2. The lowest BCUT2D eigenvalue weighted by Crippen LogP contribution is -2.28. The quantitative estimate of drug-likeness (QED) is 0.619. The highest BCUT2D eigenvalue weighted by Gasteiger charge is 2.17. The fourth-order valence-electron chi connectivity index (χ4n) is 2.91. The summed E-state index contributed by atoms with van der Waals surface area (Å²) in [6, 6.07) is 22.0. The van der Waals surface area contributed by atoms with Crippen LogP contribution in [0.25, 0.3) is 16.9 Å². The second kappa shape index (κ2) is 6.68. The third-order valence-corrected chi connectivity index (χ3v) is 4.06. The van der Waals surface area contributed by atoms with E-state index in [2.05, 4.69) is 10.3 Å². The number of nitrogens with one attached hydrogen (secondary N) is 1. The first-order valence-corrected chi connectivity index (χ1v) is 8.20. The number of hydrogen-bond donors (Lipinski definition) is 1. The van der Waals surface area contributed by atoms with Gasteiger partial charge in [0.05, 0.1) is 11.2 Å². The average molecular weight is 344 g/mol. The van der Waals surface area contributed by atoms with E-state index in [1.807, 2.05) is 48.5 Å². The first-order valence-electron chi connectivity index (χ1n) is 8.20. The fourth-order valence-corrected chi connectivity index (χ4v) is 2.91. The number of imidazole rings is 1. The Morgan fingerprint density at radius 2 is 1.62 bits per heavy atom. The third kappa shape index (κ3) is 2.88. The lowest BCUT2D eigenvalue weighted by atomic mass is 10.3. The smallest absolute Gasteiger partial charge is 0.325 e. The minimum absolute atomic E-state index is 0.0875. The number of carbonyl (C=O) groups is 1. The summed E-state index contributed by atoms with van der Waals surface area (Å²) in [5, 5.41) is 2.80. The van der Waals surface area contributed by atoms with E-state index in [1.165, 1.54) is 9.13 Å². The lowest BCUT2D eigenvalue weighted by molar-refractivity contribution is -0.116. The molecule has 0 bridgehead atoms. The molecule has 4 aromatic rings. The molecular formula is C20H16N4O2. The Balaban J connectivity index is 1.75. The van der Waals surface area contributed by atoms with Gasteiger partial charge in [0.2, 0.25) is 5.91 Å². The van der Waals surface area contributed by atoms with Crippen LogP contribution in [0.1, 0.15) is 0 Å². The van der Waals surface area contributed by atoms with Crippen molar-refractivity contribution in [1.29, 1.82) is 0 Å². The Bertz CT molecular complexity index is 1110. The third-order valence-electron chi connectivity index (χ3n) is 4.06. The van der Waals surface area contributed by atoms with Gasteiger partial charge in [-0.05, 0) is 36.4 Å². The molecule has 1 amide bonds. The van der Waals surface area contributed by atoms with Crippen molar-refractivity contribution >= 4 is 22.8 Å². The van der Waals surface area contributed by atoms with E-state index < -0.39 is 0 Å². The van der Waals surface area contributed by atoms with Crippen LogP contribution in [-0.2, 0) is 11.3 Å². The minimum atomic E-state index is -0.298. The van der Waals surface area contributed by atoms with Crippen molar-refractivity contribution in [1.82, 2.24) is 14.1 Å². The van der Waals surface area contributed by atoms with Gasteiger partial charge in [0.1, 0.15) is 6.54 Å². The average Bonchev–Trinajstić information content (AvgIpc) is 2.95. The maximum atomic E-state index is 13.0. The zero-order chi connectivity index (χ0) is 17.9. The molecule has 0 atom stereocenters. The number of pyridine rings is 1. The molecule has 1 N–H and O–H groups in total. The predicted molar refractivity (Wildman–Crippen MR) is 100 cm³/mol. The van der Waals surface area contributed by atoms with Gasteiger partial charge in [-0.1, -0.05) is 36.4 Å². The summed E-state index contributed by atoms with van der Waals surface area (Å²) in [4.78, 5) is 29.7. The molecule has 128 valence electrons. The molecule has 0 aliphatic carbocycles. The van der Waals surface area contributed by atoms with Gasteiger partial charge < -0.3 is 5.32 Å². The molecule has 26 heavy (non-hydrogen) atoms. The monoisotopic (exact) mass is 344 g/mol. The first kappa shape index (κ1) is 15.8. The molecular weight excluding hydrogens is 328 g/mol. The van der Waals surface area contributed by atoms with Crippen LogP contribution in [0.4, 0.5) is 5.69 Å². The first-order chi connectivity index (χ1) is 12.7. The number of benzene rings is 2. The number of aromatic nitrogens is 3. The normalized spacial score (nSPS) is 10.8. The van der Waals surface area contributed by atoms with E-state index in [1.54, 1.807) is 30.5 Å². The molecule has 2 aromatic carbocycles. The van der Waals surface area contributed by atoms with Crippen LogP contribution in [0.3, 0.4) is 0 Å². The van der Waals surface area contributed by atoms with E-state index in [9.17, 15) is 9.59 Å². The van der Waals surface area contributed by atoms with Gasteiger partial charge in [-0.2, -0.15) is 0 Å². The molecule has 2 heterocycles. The van der Waals surface area contributed by atoms with Crippen molar-refractivity contribution < 1.29 is 4.79 Å². The molecule has 4 rings (SSSR count). The van der Waals surface area contributed by atoms with Gasteiger partial charge in [-0.3, -0.25) is 9.36 Å². The highest BCUT2D eigenvalue weighted by atomic mass is 16.2. The van der Waals surface area contributed by atoms with Gasteiger partial charge >= 0.3 is 5.69 Å². The standard InChI is InChI=1S/C20H16N4O2/c25-18(22-15-8-3-1-4-9-15)14-23-17-12-7-13-21-19(17)24(20(23)26)16-10-5-2-6-11-16/h1-13H,14H2,(H,22,25). The number of amides is 1. The van der Waals surface area contributed by atoms with Crippen molar-refractivity contribution in [2.45, 2.75) is 6.54 Å². The summed E-state index contributed by atoms with van der Waals surface area (Å²) < 4.78 is 2.96. The highest BCUT2D eigenvalue weighted by Crippen LogP contribution is 2.15. The Hall–Kier alpha value is -3.67. The molecule has 0 radical (unpaired) electrons.